The molecule has 55 heavy (non-hydrogen) atoms. The number of rotatable bonds is 5. The average Bonchev–Trinajstić information content (AvgIpc) is 3.84. The number of hydrogen-bond donors (Lipinski definition) is 0. The first-order valence-electron chi connectivity index (χ1n) is 18.8. The Bertz CT molecular complexity index is 2640. The quantitative estimate of drug-likeness (QED) is 0.172. The molecule has 2 fully saturated rings. The molecule has 3 aromatic carbocycles. The van der Waals surface area contributed by atoms with Crippen molar-refractivity contribution in [3.8, 4) is 33.4 Å². The Kier molecular flexibility index (Phi) is 9.65. The Hall–Kier alpha value is -5.75. The van der Waals surface area contributed by atoms with Crippen LogP contribution in [0.3, 0.4) is 0 Å². The van der Waals surface area contributed by atoms with Crippen LogP contribution in [-0.4, -0.2) is 60.4 Å². The molecule has 0 radical (unpaired) electrons. The summed E-state index contributed by atoms with van der Waals surface area (Å²) in [5, 5.41) is 9.82. The van der Waals surface area contributed by atoms with Gasteiger partial charge in [-0.1, -0.05) is 30.3 Å². The molecule has 0 amide bonds. The second kappa shape index (κ2) is 15.2. The average molecular weight is 799 g/mol. The molecule has 2 aliphatic rings. The predicted molar refractivity (Wildman–Crippen MR) is 217 cm³/mol. The van der Waals surface area contributed by atoms with Crippen molar-refractivity contribution in [2.45, 2.75) is 38.5 Å². The van der Waals surface area contributed by atoms with Gasteiger partial charge in [0.25, 0.3) is 0 Å². The van der Waals surface area contributed by atoms with Crippen molar-refractivity contribution in [1.82, 2.24) is 34.2 Å². The van der Waals surface area contributed by atoms with Gasteiger partial charge in [0.05, 0.1) is 33.8 Å². The van der Waals surface area contributed by atoms with Crippen molar-refractivity contribution in [2.24, 2.45) is 0 Å². The lowest BCUT2D eigenvalue weighted by atomic mass is 10.0. The van der Waals surface area contributed by atoms with Crippen LogP contribution in [0.15, 0.2) is 115 Å². The number of fused-ring (bicyclic) bond motifs is 3. The Morgan fingerprint density at radius 2 is 1.09 bits per heavy atom. The first-order chi connectivity index (χ1) is 27.0. The summed E-state index contributed by atoms with van der Waals surface area (Å²) in [5.41, 5.74) is 9.10. The fourth-order valence-corrected chi connectivity index (χ4v) is 8.07. The van der Waals surface area contributed by atoms with Crippen LogP contribution in [0.4, 0.5) is 20.2 Å². The third-order valence-electron chi connectivity index (χ3n) is 10.6. The number of nitrogens with zero attached hydrogens (tertiary/aromatic N) is 9. The largest absolute Gasteiger partial charge is 0.369 e. The molecule has 0 spiro atoms. The van der Waals surface area contributed by atoms with Gasteiger partial charge in [-0.2, -0.15) is 10.2 Å². The van der Waals surface area contributed by atoms with Crippen molar-refractivity contribution < 1.29 is 8.78 Å². The van der Waals surface area contributed by atoms with Gasteiger partial charge >= 0.3 is 0 Å². The number of pyridine rings is 1. The summed E-state index contributed by atoms with van der Waals surface area (Å²) < 4.78 is 33.8. The molecule has 276 valence electrons. The molecular formula is C43H38BrF2N9. The van der Waals surface area contributed by atoms with Crippen LogP contribution in [0.2, 0.25) is 0 Å². The third-order valence-corrected chi connectivity index (χ3v) is 11.1. The van der Waals surface area contributed by atoms with E-state index in [-0.39, 0.29) is 11.6 Å². The highest BCUT2D eigenvalue weighted by molar-refractivity contribution is 9.10. The minimum Gasteiger partial charge on any atom is -0.369 e. The lowest BCUT2D eigenvalue weighted by Gasteiger charge is -2.29. The van der Waals surface area contributed by atoms with Crippen molar-refractivity contribution in [3.63, 3.8) is 0 Å². The van der Waals surface area contributed by atoms with Crippen LogP contribution < -0.4 is 9.80 Å². The van der Waals surface area contributed by atoms with Crippen molar-refractivity contribution in [1.29, 1.82) is 0 Å². The highest BCUT2D eigenvalue weighted by atomic mass is 79.9. The fraction of sp³-hybridized carbons (Fsp3) is 0.233. The monoisotopic (exact) mass is 797 g/mol. The summed E-state index contributed by atoms with van der Waals surface area (Å²) in [6, 6.07) is 20.9. The lowest BCUT2D eigenvalue weighted by Crippen LogP contribution is -2.30. The molecule has 5 aromatic heterocycles. The van der Waals surface area contributed by atoms with Gasteiger partial charge in [-0.3, -0.25) is 4.98 Å². The van der Waals surface area contributed by atoms with E-state index < -0.39 is 0 Å². The van der Waals surface area contributed by atoms with Gasteiger partial charge in [0.15, 0.2) is 11.3 Å². The van der Waals surface area contributed by atoms with Crippen molar-refractivity contribution >= 4 is 49.5 Å². The van der Waals surface area contributed by atoms with Crippen LogP contribution in [0, 0.1) is 11.6 Å². The van der Waals surface area contributed by atoms with E-state index in [9.17, 15) is 8.78 Å². The summed E-state index contributed by atoms with van der Waals surface area (Å²) >= 11 is 3.40. The van der Waals surface area contributed by atoms with E-state index >= 15 is 0 Å². The predicted octanol–water partition coefficient (Wildman–Crippen LogP) is 10.0. The molecule has 0 atom stereocenters. The molecule has 0 N–H and O–H groups in total. The molecule has 10 rings (SSSR count). The normalized spacial score (nSPS) is 14.7. The number of benzene rings is 3. The van der Waals surface area contributed by atoms with Crippen LogP contribution in [0.5, 0.6) is 0 Å². The third kappa shape index (κ3) is 7.02. The molecule has 0 bridgehead atoms. The van der Waals surface area contributed by atoms with Gasteiger partial charge < -0.3 is 9.80 Å². The fourth-order valence-electron chi connectivity index (χ4n) is 7.69. The maximum absolute atomic E-state index is 14.9. The lowest BCUT2D eigenvalue weighted by molar-refractivity contribution is 0.557. The minimum absolute atomic E-state index is 0.175. The first-order valence-corrected chi connectivity index (χ1v) is 19.6. The topological polar surface area (TPSA) is 79.7 Å². The van der Waals surface area contributed by atoms with E-state index in [2.05, 4.69) is 56.9 Å². The summed E-state index contributed by atoms with van der Waals surface area (Å²) in [4.78, 5) is 17.8. The van der Waals surface area contributed by atoms with Crippen LogP contribution in [-0.2, 0) is 0 Å². The van der Waals surface area contributed by atoms with Gasteiger partial charge in [0, 0.05) is 79.2 Å². The smallest absolute Gasteiger partial charge is 0.169 e. The second-order valence-electron chi connectivity index (χ2n) is 14.1. The molecule has 7 heterocycles. The molecule has 0 aliphatic carbocycles. The van der Waals surface area contributed by atoms with Gasteiger partial charge in [-0.15, -0.1) is 0 Å². The second-order valence-corrected chi connectivity index (χ2v) is 14.9. The summed E-state index contributed by atoms with van der Waals surface area (Å²) in [6.45, 7) is 3.71. The van der Waals surface area contributed by atoms with E-state index in [0.717, 1.165) is 112 Å². The number of para-hydroxylation sites is 1. The molecular weight excluding hydrogens is 760 g/mol. The molecule has 2 saturated heterocycles. The Morgan fingerprint density at radius 1 is 0.527 bits per heavy atom. The number of anilines is 2. The highest BCUT2D eigenvalue weighted by Crippen LogP contribution is 2.33. The van der Waals surface area contributed by atoms with Gasteiger partial charge in [-0.25, -0.2) is 27.8 Å². The zero-order valence-corrected chi connectivity index (χ0v) is 31.7. The molecule has 8 aromatic rings. The highest BCUT2D eigenvalue weighted by Gasteiger charge is 2.18. The van der Waals surface area contributed by atoms with E-state index in [1.807, 2.05) is 73.3 Å². The van der Waals surface area contributed by atoms with E-state index in [4.69, 9.17) is 0 Å². The Labute approximate surface area is 325 Å². The molecule has 12 heteroatoms. The van der Waals surface area contributed by atoms with E-state index in [0.29, 0.717) is 11.4 Å². The maximum atomic E-state index is 14.9. The molecule has 0 unspecified atom stereocenters. The minimum atomic E-state index is -0.186. The first kappa shape index (κ1) is 35.0. The zero-order valence-electron chi connectivity index (χ0n) is 30.1. The molecule has 0 saturated carbocycles. The summed E-state index contributed by atoms with van der Waals surface area (Å²) in [5.74, 6) is -0.361. The van der Waals surface area contributed by atoms with Gasteiger partial charge in [-0.05, 0) is 108 Å². The SMILES string of the molecule is Fc1cc(-c2cnc3c(-c4ccnc5ccccc45)cnn3c2)ccc1N1CCCCC1.Fc1cc(-c2cnc3c(Br)cnn3c2)ccc1N1CCCCC1. The molecule has 9 nitrogen and oxygen atoms in total. The van der Waals surface area contributed by atoms with Crippen LogP contribution in [0.25, 0.3) is 55.6 Å². The van der Waals surface area contributed by atoms with Gasteiger partial charge in [0.1, 0.15) is 11.6 Å². The van der Waals surface area contributed by atoms with Gasteiger partial charge in [0.2, 0.25) is 0 Å². The zero-order chi connectivity index (χ0) is 37.3. The number of halogens is 3. The number of hydrogen-bond acceptors (Lipinski definition) is 7. The number of piperidine rings is 2. The maximum Gasteiger partial charge on any atom is 0.169 e. The van der Waals surface area contributed by atoms with E-state index in [1.165, 1.54) is 12.8 Å². The standard InChI is InChI=1S/C26H22FN5.C17H16BrFN4/c27-23-14-18(8-9-25(23)31-12-4-1-5-13-31)19-15-29-26-22(16-30-32(26)17-19)20-10-11-28-24-7-3-2-6-21(20)24;18-14-10-21-23-11-13(9-20-17(14)23)12-4-5-16(15(19)8-12)22-6-2-1-3-7-22/h2-3,6-11,14-17H,1,4-5,12-13H2;4-5,8-11H,1-3,6-7H2. The van der Waals surface area contributed by atoms with Crippen LogP contribution in [0.1, 0.15) is 38.5 Å². The number of aromatic nitrogens is 7. The Morgan fingerprint density at radius 3 is 1.71 bits per heavy atom. The summed E-state index contributed by atoms with van der Waals surface area (Å²) in [7, 11) is 0. The van der Waals surface area contributed by atoms with E-state index in [1.54, 1.807) is 39.8 Å². The summed E-state index contributed by atoms with van der Waals surface area (Å²) in [6.07, 6.45) is 19.6. The van der Waals surface area contributed by atoms with Crippen molar-refractivity contribution in [2.75, 3.05) is 36.0 Å². The van der Waals surface area contributed by atoms with Crippen LogP contribution >= 0.6 is 15.9 Å². The Balaban J connectivity index is 0.000000153. The van der Waals surface area contributed by atoms with Crippen molar-refractivity contribution in [3.05, 3.63) is 126 Å². The molecule has 2 aliphatic heterocycles.